The lowest BCUT2D eigenvalue weighted by molar-refractivity contribution is 0.209. The number of methoxy groups -OCH3 is 1. The fourth-order valence-corrected chi connectivity index (χ4v) is 1.69. The van der Waals surface area contributed by atoms with E-state index < -0.39 is 7.12 Å². The second-order valence-electron chi connectivity index (χ2n) is 3.09. The Morgan fingerprint density at radius 3 is 3.00 bits per heavy atom. The molecular weight excluding hydrogens is 167 g/mol. The molecular formula is C9H11BO3. The third kappa shape index (κ3) is 1.22. The number of rotatable bonds is 1. The summed E-state index contributed by atoms with van der Waals surface area (Å²) < 4.78 is 10.4. The molecule has 0 aliphatic carbocycles. The average Bonchev–Trinajstić information content (AvgIpc) is 2.43. The Kier molecular flexibility index (Phi) is 2.02. The molecule has 0 spiro atoms. The molecule has 0 aromatic heterocycles. The first-order valence-electron chi connectivity index (χ1n) is 4.24. The van der Waals surface area contributed by atoms with Gasteiger partial charge in [0.1, 0.15) is 5.75 Å². The molecule has 2 rings (SSSR count). The topological polar surface area (TPSA) is 38.7 Å². The zero-order valence-corrected chi connectivity index (χ0v) is 7.65. The Balaban J connectivity index is 2.55. The normalized spacial score (nSPS) is 20.2. The molecule has 1 aromatic carbocycles. The van der Waals surface area contributed by atoms with Gasteiger partial charge in [0.05, 0.1) is 13.2 Å². The lowest BCUT2D eigenvalue weighted by atomic mass is 9.78. The van der Waals surface area contributed by atoms with E-state index in [9.17, 15) is 5.02 Å². The van der Waals surface area contributed by atoms with E-state index in [1.54, 1.807) is 7.11 Å². The Hall–Kier alpha value is -0.995. The van der Waals surface area contributed by atoms with Crippen LogP contribution in [0, 0.1) is 0 Å². The Morgan fingerprint density at radius 1 is 1.54 bits per heavy atom. The summed E-state index contributed by atoms with van der Waals surface area (Å²) in [6.45, 7) is 1.91. The highest BCUT2D eigenvalue weighted by Gasteiger charge is 2.35. The van der Waals surface area contributed by atoms with E-state index in [4.69, 9.17) is 9.39 Å². The van der Waals surface area contributed by atoms with Gasteiger partial charge in [0.15, 0.2) is 0 Å². The van der Waals surface area contributed by atoms with E-state index in [1.807, 2.05) is 25.1 Å². The van der Waals surface area contributed by atoms with E-state index >= 15 is 0 Å². The van der Waals surface area contributed by atoms with Gasteiger partial charge in [-0.15, -0.1) is 0 Å². The molecule has 0 fully saturated rings. The molecule has 0 bridgehead atoms. The van der Waals surface area contributed by atoms with Crippen LogP contribution in [-0.2, 0) is 4.65 Å². The van der Waals surface area contributed by atoms with Crippen LogP contribution in [0.2, 0.25) is 0 Å². The average molecular weight is 178 g/mol. The summed E-state index contributed by atoms with van der Waals surface area (Å²) in [7, 11) is 0.742. The maximum absolute atomic E-state index is 9.56. The van der Waals surface area contributed by atoms with Gasteiger partial charge >= 0.3 is 7.12 Å². The van der Waals surface area contributed by atoms with Gasteiger partial charge in [-0.05, 0) is 18.6 Å². The van der Waals surface area contributed by atoms with Gasteiger partial charge in [-0.2, -0.15) is 0 Å². The molecule has 0 saturated heterocycles. The van der Waals surface area contributed by atoms with Crippen molar-refractivity contribution in [2.75, 3.05) is 7.11 Å². The summed E-state index contributed by atoms with van der Waals surface area (Å²) in [5.41, 5.74) is 1.77. The quantitative estimate of drug-likeness (QED) is 0.635. The molecule has 1 unspecified atom stereocenters. The minimum absolute atomic E-state index is 0.0555. The van der Waals surface area contributed by atoms with Crippen LogP contribution in [0.5, 0.6) is 5.75 Å². The van der Waals surface area contributed by atoms with Crippen molar-refractivity contribution in [3.8, 4) is 5.75 Å². The predicted octanol–water partition coefficient (Wildman–Crippen LogP) is 0.474. The third-order valence-corrected chi connectivity index (χ3v) is 2.34. The number of ether oxygens (including phenoxy) is 1. The first kappa shape index (κ1) is 8.60. The largest absolute Gasteiger partial charge is 0.497 e. The highest BCUT2D eigenvalue weighted by Crippen LogP contribution is 2.26. The number of hydrogen-bond donors (Lipinski definition) is 1. The van der Waals surface area contributed by atoms with Gasteiger partial charge < -0.3 is 14.4 Å². The van der Waals surface area contributed by atoms with Crippen LogP contribution in [-0.4, -0.2) is 19.3 Å². The summed E-state index contributed by atoms with van der Waals surface area (Å²) in [4.78, 5) is 0. The van der Waals surface area contributed by atoms with Gasteiger partial charge in [0.2, 0.25) is 0 Å². The summed E-state index contributed by atoms with van der Waals surface area (Å²) >= 11 is 0. The van der Waals surface area contributed by atoms with Crippen LogP contribution < -0.4 is 10.2 Å². The molecule has 1 aliphatic rings. The van der Waals surface area contributed by atoms with Crippen LogP contribution in [0.3, 0.4) is 0 Å². The second-order valence-corrected chi connectivity index (χ2v) is 3.09. The van der Waals surface area contributed by atoms with E-state index in [2.05, 4.69) is 0 Å². The van der Waals surface area contributed by atoms with Crippen molar-refractivity contribution in [1.29, 1.82) is 0 Å². The number of benzene rings is 1. The van der Waals surface area contributed by atoms with Crippen LogP contribution in [0.1, 0.15) is 18.6 Å². The van der Waals surface area contributed by atoms with Gasteiger partial charge in [-0.25, -0.2) is 0 Å². The fraction of sp³-hybridized carbons (Fsp3) is 0.333. The third-order valence-electron chi connectivity index (χ3n) is 2.34. The highest BCUT2D eigenvalue weighted by atomic mass is 16.5. The SMILES string of the molecule is COc1cccc2c1B(O)OC2C. The van der Waals surface area contributed by atoms with Crippen LogP contribution in [0.4, 0.5) is 0 Å². The van der Waals surface area contributed by atoms with Gasteiger partial charge in [-0.1, -0.05) is 12.1 Å². The first-order chi connectivity index (χ1) is 6.24. The molecule has 1 heterocycles. The molecule has 3 nitrogen and oxygen atoms in total. The first-order valence-corrected chi connectivity index (χ1v) is 4.24. The standard InChI is InChI=1S/C9H11BO3/c1-6-7-4-3-5-8(12-2)9(7)10(11)13-6/h3-6,11H,1-2H3. The Bertz CT molecular complexity index is 327. The molecule has 1 atom stereocenters. The molecule has 1 N–H and O–H groups in total. The maximum atomic E-state index is 9.56. The maximum Gasteiger partial charge on any atom is 0.495 e. The predicted molar refractivity (Wildman–Crippen MR) is 50.1 cm³/mol. The Labute approximate surface area is 77.4 Å². The van der Waals surface area contributed by atoms with Crippen molar-refractivity contribution in [3.63, 3.8) is 0 Å². The van der Waals surface area contributed by atoms with E-state index in [0.29, 0.717) is 5.75 Å². The molecule has 4 heteroatoms. The van der Waals surface area contributed by atoms with Crippen molar-refractivity contribution >= 4 is 12.6 Å². The van der Waals surface area contributed by atoms with Crippen molar-refractivity contribution < 1.29 is 14.4 Å². The summed E-state index contributed by atoms with van der Waals surface area (Å²) in [6.07, 6.45) is -0.0555. The molecule has 68 valence electrons. The summed E-state index contributed by atoms with van der Waals surface area (Å²) in [5.74, 6) is 0.689. The molecule has 0 amide bonds. The Morgan fingerprint density at radius 2 is 2.31 bits per heavy atom. The monoisotopic (exact) mass is 178 g/mol. The minimum Gasteiger partial charge on any atom is -0.497 e. The van der Waals surface area contributed by atoms with Crippen molar-refractivity contribution in [2.24, 2.45) is 0 Å². The van der Waals surface area contributed by atoms with Crippen LogP contribution in [0.25, 0.3) is 0 Å². The zero-order valence-electron chi connectivity index (χ0n) is 7.65. The molecule has 13 heavy (non-hydrogen) atoms. The van der Waals surface area contributed by atoms with Gasteiger partial charge in [0.25, 0.3) is 0 Å². The highest BCUT2D eigenvalue weighted by molar-refractivity contribution is 6.62. The zero-order chi connectivity index (χ0) is 9.42. The summed E-state index contributed by atoms with van der Waals surface area (Å²) in [6, 6.07) is 5.66. The van der Waals surface area contributed by atoms with E-state index in [1.165, 1.54) is 0 Å². The second kappa shape index (κ2) is 3.05. The molecule has 0 saturated carbocycles. The minimum atomic E-state index is -0.846. The van der Waals surface area contributed by atoms with Crippen molar-refractivity contribution in [3.05, 3.63) is 23.8 Å². The van der Waals surface area contributed by atoms with Crippen molar-refractivity contribution in [1.82, 2.24) is 0 Å². The number of hydrogen-bond acceptors (Lipinski definition) is 3. The van der Waals surface area contributed by atoms with Crippen LogP contribution >= 0.6 is 0 Å². The molecule has 0 radical (unpaired) electrons. The summed E-state index contributed by atoms with van der Waals surface area (Å²) in [5, 5.41) is 9.56. The molecule has 1 aliphatic heterocycles. The number of fused-ring (bicyclic) bond motifs is 1. The van der Waals surface area contributed by atoms with E-state index in [-0.39, 0.29) is 6.10 Å². The van der Waals surface area contributed by atoms with Gasteiger partial charge in [-0.3, -0.25) is 0 Å². The smallest absolute Gasteiger partial charge is 0.495 e. The lowest BCUT2D eigenvalue weighted by Crippen LogP contribution is -2.29. The fourth-order valence-electron chi connectivity index (χ4n) is 1.69. The lowest BCUT2D eigenvalue weighted by Gasteiger charge is -2.06. The van der Waals surface area contributed by atoms with E-state index in [0.717, 1.165) is 11.0 Å². The van der Waals surface area contributed by atoms with Crippen molar-refractivity contribution in [2.45, 2.75) is 13.0 Å². The van der Waals surface area contributed by atoms with Gasteiger partial charge in [0, 0.05) is 5.46 Å². The molecule has 1 aromatic rings. The van der Waals surface area contributed by atoms with Crippen LogP contribution in [0.15, 0.2) is 18.2 Å².